The fraction of sp³-hybridized carbons (Fsp3) is 0.375. The van der Waals surface area contributed by atoms with Crippen LogP contribution in [0.1, 0.15) is 38.7 Å². The maximum Gasteiger partial charge on any atom is 0.328 e. The minimum Gasteiger partial charge on any atom is -0.478 e. The summed E-state index contributed by atoms with van der Waals surface area (Å²) >= 11 is 0. The zero-order valence-electron chi connectivity index (χ0n) is 12.4. The topological polar surface area (TPSA) is 78.4 Å². The fourth-order valence-corrected chi connectivity index (χ4v) is 1.86. The highest BCUT2D eigenvalue weighted by molar-refractivity contribution is 5.90. The molecule has 0 heterocycles. The molecular weight excluding hydrogens is 268 g/mol. The van der Waals surface area contributed by atoms with Crippen LogP contribution in [0.5, 0.6) is 0 Å². The van der Waals surface area contributed by atoms with E-state index in [-0.39, 0.29) is 12.1 Å². The van der Waals surface area contributed by atoms with Gasteiger partial charge in [-0.05, 0) is 37.1 Å². The van der Waals surface area contributed by atoms with Crippen LogP contribution in [0.3, 0.4) is 0 Å². The average molecular weight is 290 g/mol. The number of amides is 2. The highest BCUT2D eigenvalue weighted by Crippen LogP contribution is 2.12. The fourth-order valence-electron chi connectivity index (χ4n) is 1.86. The Bertz CT molecular complexity index is 512. The Hall–Kier alpha value is -2.30. The summed E-state index contributed by atoms with van der Waals surface area (Å²) in [4.78, 5) is 22.3. The van der Waals surface area contributed by atoms with E-state index in [4.69, 9.17) is 5.11 Å². The summed E-state index contributed by atoms with van der Waals surface area (Å²) in [5.74, 6) is -1.00. The van der Waals surface area contributed by atoms with Crippen molar-refractivity contribution in [2.24, 2.45) is 0 Å². The van der Waals surface area contributed by atoms with Crippen molar-refractivity contribution in [2.45, 2.75) is 39.2 Å². The van der Waals surface area contributed by atoms with Gasteiger partial charge >= 0.3 is 12.0 Å². The second-order valence-corrected chi connectivity index (χ2v) is 4.94. The van der Waals surface area contributed by atoms with Crippen LogP contribution in [0.2, 0.25) is 0 Å². The van der Waals surface area contributed by atoms with Gasteiger partial charge in [0.05, 0.1) is 0 Å². The number of carbonyl (C=O) groups is 2. The van der Waals surface area contributed by atoms with Crippen molar-refractivity contribution in [1.29, 1.82) is 0 Å². The first kappa shape index (κ1) is 16.8. The van der Waals surface area contributed by atoms with Crippen LogP contribution in [0.4, 0.5) is 10.5 Å². The minimum absolute atomic E-state index is 0.125. The van der Waals surface area contributed by atoms with E-state index in [1.807, 2.05) is 6.92 Å². The number of carboxylic acid groups (broad SMARTS) is 1. The Morgan fingerprint density at radius 3 is 2.81 bits per heavy atom. The summed E-state index contributed by atoms with van der Waals surface area (Å²) < 4.78 is 0. The van der Waals surface area contributed by atoms with Crippen LogP contribution in [0.15, 0.2) is 30.3 Å². The van der Waals surface area contributed by atoms with Crippen LogP contribution in [-0.2, 0) is 4.79 Å². The Kier molecular flexibility index (Phi) is 7.01. The lowest BCUT2D eigenvalue weighted by atomic mass is 10.1. The van der Waals surface area contributed by atoms with Gasteiger partial charge in [0.25, 0.3) is 0 Å². The number of aliphatic carboxylic acids is 1. The number of nitrogens with one attached hydrogen (secondary N) is 2. The van der Waals surface area contributed by atoms with E-state index in [1.165, 1.54) is 6.08 Å². The van der Waals surface area contributed by atoms with Crippen molar-refractivity contribution in [1.82, 2.24) is 5.32 Å². The molecule has 3 N–H and O–H groups in total. The molecule has 0 aliphatic carbocycles. The molecule has 0 fully saturated rings. The minimum atomic E-state index is -1.00. The van der Waals surface area contributed by atoms with Gasteiger partial charge in [0.15, 0.2) is 0 Å². The van der Waals surface area contributed by atoms with E-state index in [9.17, 15) is 9.59 Å². The molecule has 5 nitrogen and oxygen atoms in total. The molecule has 0 spiro atoms. The monoisotopic (exact) mass is 290 g/mol. The van der Waals surface area contributed by atoms with Gasteiger partial charge in [-0.1, -0.05) is 31.9 Å². The largest absolute Gasteiger partial charge is 0.478 e. The summed E-state index contributed by atoms with van der Waals surface area (Å²) in [6, 6.07) is 6.88. The molecule has 0 saturated heterocycles. The zero-order valence-corrected chi connectivity index (χ0v) is 12.4. The van der Waals surface area contributed by atoms with Crippen LogP contribution >= 0.6 is 0 Å². The van der Waals surface area contributed by atoms with Crippen LogP contribution in [0.25, 0.3) is 6.08 Å². The number of hydrogen-bond donors (Lipinski definition) is 3. The second-order valence-electron chi connectivity index (χ2n) is 4.94. The lowest BCUT2D eigenvalue weighted by Gasteiger charge is -2.14. The molecule has 0 aliphatic rings. The number of benzene rings is 1. The molecule has 2 amide bonds. The van der Waals surface area contributed by atoms with E-state index in [1.54, 1.807) is 24.3 Å². The van der Waals surface area contributed by atoms with Gasteiger partial charge in [0, 0.05) is 17.8 Å². The molecule has 0 radical (unpaired) electrons. The quantitative estimate of drug-likeness (QED) is 0.673. The third kappa shape index (κ3) is 7.15. The summed E-state index contributed by atoms with van der Waals surface area (Å²) in [5.41, 5.74) is 1.34. The van der Waals surface area contributed by atoms with Crippen LogP contribution in [-0.4, -0.2) is 23.1 Å². The first-order valence-corrected chi connectivity index (χ1v) is 7.10. The first-order chi connectivity index (χ1) is 10.0. The van der Waals surface area contributed by atoms with E-state index in [0.29, 0.717) is 11.3 Å². The second kappa shape index (κ2) is 8.79. The van der Waals surface area contributed by atoms with Gasteiger partial charge in [0.1, 0.15) is 0 Å². The molecule has 1 atom stereocenters. The molecular formula is C16H22N2O3. The van der Waals surface area contributed by atoms with E-state index < -0.39 is 5.97 Å². The average Bonchev–Trinajstić information content (AvgIpc) is 2.43. The Balaban J connectivity index is 2.56. The highest BCUT2D eigenvalue weighted by Gasteiger charge is 2.06. The zero-order chi connectivity index (χ0) is 15.7. The maximum absolute atomic E-state index is 11.8. The van der Waals surface area contributed by atoms with Crippen molar-refractivity contribution in [2.75, 3.05) is 5.32 Å². The predicted octanol–water partition coefficient (Wildman–Crippen LogP) is 3.48. The standard InChI is InChI=1S/C16H22N2O3/c1-3-4-6-12(2)17-16(21)18-14-8-5-7-13(11-14)9-10-15(19)20/h5,7-12H,3-4,6H2,1-2H3,(H,19,20)(H2,17,18,21)/b10-9+. The van der Waals surface area contributed by atoms with Crippen LogP contribution in [0, 0.1) is 0 Å². The number of urea groups is 1. The number of carbonyl (C=O) groups excluding carboxylic acids is 1. The molecule has 21 heavy (non-hydrogen) atoms. The molecule has 5 heteroatoms. The van der Waals surface area contributed by atoms with Gasteiger partial charge in [-0.2, -0.15) is 0 Å². The summed E-state index contributed by atoms with van der Waals surface area (Å²) in [6.45, 7) is 4.09. The molecule has 1 rings (SSSR count). The summed E-state index contributed by atoms with van der Waals surface area (Å²) in [5, 5.41) is 14.2. The molecule has 1 aromatic rings. The normalized spacial score (nSPS) is 12.1. The number of carboxylic acids is 1. The number of anilines is 1. The molecule has 0 aromatic heterocycles. The highest BCUT2D eigenvalue weighted by atomic mass is 16.4. The van der Waals surface area contributed by atoms with E-state index in [2.05, 4.69) is 17.6 Å². The smallest absolute Gasteiger partial charge is 0.328 e. The maximum atomic E-state index is 11.8. The Morgan fingerprint density at radius 2 is 2.14 bits per heavy atom. The molecule has 1 unspecified atom stereocenters. The molecule has 0 bridgehead atoms. The van der Waals surface area contributed by atoms with Gasteiger partial charge in [0.2, 0.25) is 0 Å². The summed E-state index contributed by atoms with van der Waals surface area (Å²) in [7, 11) is 0. The molecule has 114 valence electrons. The van der Waals surface area contributed by atoms with Gasteiger partial charge in [-0.25, -0.2) is 9.59 Å². The van der Waals surface area contributed by atoms with Crippen molar-refractivity contribution in [3.63, 3.8) is 0 Å². The van der Waals surface area contributed by atoms with Gasteiger partial charge < -0.3 is 15.7 Å². The Morgan fingerprint density at radius 1 is 1.38 bits per heavy atom. The lowest BCUT2D eigenvalue weighted by molar-refractivity contribution is -0.131. The van der Waals surface area contributed by atoms with Gasteiger partial charge in [-0.3, -0.25) is 0 Å². The lowest BCUT2D eigenvalue weighted by Crippen LogP contribution is -2.36. The van der Waals surface area contributed by atoms with Gasteiger partial charge in [-0.15, -0.1) is 0 Å². The first-order valence-electron chi connectivity index (χ1n) is 7.10. The van der Waals surface area contributed by atoms with Crippen molar-refractivity contribution < 1.29 is 14.7 Å². The summed E-state index contributed by atoms with van der Waals surface area (Å²) in [6.07, 6.45) is 5.68. The number of hydrogen-bond acceptors (Lipinski definition) is 2. The van der Waals surface area contributed by atoms with E-state index >= 15 is 0 Å². The Labute approximate surface area is 125 Å². The third-order valence-corrected chi connectivity index (χ3v) is 2.93. The van der Waals surface area contributed by atoms with Crippen molar-refractivity contribution in [3.05, 3.63) is 35.9 Å². The van der Waals surface area contributed by atoms with Crippen molar-refractivity contribution >= 4 is 23.8 Å². The third-order valence-electron chi connectivity index (χ3n) is 2.93. The number of rotatable bonds is 7. The number of unbranched alkanes of at least 4 members (excludes halogenated alkanes) is 1. The van der Waals surface area contributed by atoms with E-state index in [0.717, 1.165) is 25.3 Å². The molecule has 0 saturated carbocycles. The van der Waals surface area contributed by atoms with Crippen molar-refractivity contribution in [3.8, 4) is 0 Å². The van der Waals surface area contributed by atoms with Crippen LogP contribution < -0.4 is 10.6 Å². The SMILES string of the molecule is CCCCC(C)NC(=O)Nc1cccc(/C=C/C(=O)O)c1. The molecule has 0 aliphatic heterocycles. The molecule has 1 aromatic carbocycles. The predicted molar refractivity (Wildman–Crippen MR) is 84.3 cm³/mol.